The molecule has 3 aromatic rings. The molecule has 0 fully saturated rings. The van der Waals surface area contributed by atoms with Crippen molar-refractivity contribution in [3.8, 4) is 11.1 Å². The number of benzene rings is 3. The van der Waals surface area contributed by atoms with Crippen LogP contribution in [0.15, 0.2) is 72.8 Å². The molecule has 1 N–H and O–H groups in total. The van der Waals surface area contributed by atoms with E-state index in [9.17, 15) is 9.59 Å². The van der Waals surface area contributed by atoms with E-state index in [1.807, 2.05) is 30.2 Å². The zero-order chi connectivity index (χ0) is 16.9. The third kappa shape index (κ3) is 3.17. The van der Waals surface area contributed by atoms with Crippen molar-refractivity contribution in [1.82, 2.24) is 0 Å². The van der Waals surface area contributed by atoms with E-state index in [0.29, 0.717) is 10.8 Å². The van der Waals surface area contributed by atoms with E-state index in [-0.39, 0.29) is 0 Å². The molecule has 4 rings (SSSR count). The highest BCUT2D eigenvalue weighted by atomic mass is 16.4. The van der Waals surface area contributed by atoms with Gasteiger partial charge in [0.2, 0.25) is 0 Å². The molecule has 1 aliphatic rings. The molecule has 1 aliphatic carbocycles. The predicted molar refractivity (Wildman–Crippen MR) is 92.9 cm³/mol. The van der Waals surface area contributed by atoms with E-state index in [4.69, 9.17) is 5.11 Å². The normalized spacial score (nSPS) is 10.3. The third-order valence-corrected chi connectivity index (χ3v) is 3.75. The van der Waals surface area contributed by atoms with Crippen molar-refractivity contribution >= 4 is 18.0 Å². The second kappa shape index (κ2) is 6.78. The standard InChI is InChI=1S/C14H8O.C7H6O2/c15-9-10-5-6-12-8-11-3-1-2-4-13(11)14(12)7-10;8-7(9)6-4-2-1-3-5-6/h1-8H;1-5H,(H,8,9). The highest BCUT2D eigenvalue weighted by molar-refractivity contribution is 5.87. The molecule has 0 heterocycles. The number of carbonyl (C=O) groups excluding carboxylic acids is 1. The van der Waals surface area contributed by atoms with Crippen LogP contribution in [0.2, 0.25) is 0 Å². The summed E-state index contributed by atoms with van der Waals surface area (Å²) >= 11 is 0. The summed E-state index contributed by atoms with van der Waals surface area (Å²) in [5, 5.41) is 10.2. The van der Waals surface area contributed by atoms with Crippen LogP contribution in [0.3, 0.4) is 0 Å². The van der Waals surface area contributed by atoms with Crippen LogP contribution < -0.4 is 10.4 Å². The first-order valence-electron chi connectivity index (χ1n) is 7.44. The minimum atomic E-state index is -0.879. The molecule has 24 heavy (non-hydrogen) atoms. The second-order valence-corrected chi connectivity index (χ2v) is 5.31. The number of hydrogen-bond donors (Lipinski definition) is 1. The lowest BCUT2D eigenvalue weighted by molar-refractivity contribution is 0.0697. The molecule has 3 aromatic carbocycles. The second-order valence-electron chi connectivity index (χ2n) is 5.31. The van der Waals surface area contributed by atoms with Gasteiger partial charge in [0.05, 0.1) is 10.8 Å². The summed E-state index contributed by atoms with van der Waals surface area (Å²) in [4.78, 5) is 20.8. The molecular weight excluding hydrogens is 300 g/mol. The maximum absolute atomic E-state index is 10.6. The molecule has 3 nitrogen and oxygen atoms in total. The number of aromatic carboxylic acids is 1. The van der Waals surface area contributed by atoms with E-state index in [2.05, 4.69) is 18.2 Å². The fourth-order valence-electron chi connectivity index (χ4n) is 2.60. The van der Waals surface area contributed by atoms with E-state index in [0.717, 1.165) is 5.56 Å². The molecule has 0 aromatic heterocycles. The molecule has 0 spiro atoms. The Labute approximate surface area is 138 Å². The Hall–Kier alpha value is -3.42. The number of carboxylic acid groups (broad SMARTS) is 1. The molecular formula is C21H14O3. The third-order valence-electron chi connectivity index (χ3n) is 3.75. The topological polar surface area (TPSA) is 54.4 Å². The average Bonchev–Trinajstić information content (AvgIpc) is 3.00. The fraction of sp³-hybridized carbons (Fsp3) is 0. The van der Waals surface area contributed by atoms with Gasteiger partial charge in [-0.2, -0.15) is 0 Å². The van der Waals surface area contributed by atoms with Crippen LogP contribution in [0, 0.1) is 0 Å². The summed E-state index contributed by atoms with van der Waals surface area (Å²) in [6.45, 7) is 0. The molecule has 116 valence electrons. The Balaban J connectivity index is 0.000000162. The van der Waals surface area contributed by atoms with Crippen LogP contribution in [0.25, 0.3) is 17.2 Å². The minimum absolute atomic E-state index is 0.331. The number of carbonyl (C=O) groups is 1. The van der Waals surface area contributed by atoms with Gasteiger partial charge in [0, 0.05) is 0 Å². The first-order valence-corrected chi connectivity index (χ1v) is 7.44. The van der Waals surface area contributed by atoms with Crippen LogP contribution in [-0.4, -0.2) is 17.0 Å². The van der Waals surface area contributed by atoms with Crippen molar-refractivity contribution in [1.29, 1.82) is 0 Å². The molecule has 0 radical (unpaired) electrons. The van der Waals surface area contributed by atoms with Gasteiger partial charge in [-0.25, -0.2) is 9.59 Å². The Morgan fingerprint density at radius 3 is 2.21 bits per heavy atom. The summed E-state index contributed by atoms with van der Waals surface area (Å²) in [5.41, 5.74) is 3.88. The Morgan fingerprint density at radius 1 is 0.833 bits per heavy atom. The average molecular weight is 314 g/mol. The Morgan fingerprint density at radius 2 is 1.54 bits per heavy atom. The van der Waals surface area contributed by atoms with E-state index >= 15 is 0 Å². The van der Waals surface area contributed by atoms with Crippen molar-refractivity contribution in [2.24, 2.45) is 0 Å². The van der Waals surface area contributed by atoms with Gasteiger partial charge in [0.15, 0.2) is 0 Å². The summed E-state index contributed by atoms with van der Waals surface area (Å²) < 4.78 is 0. The lowest BCUT2D eigenvalue weighted by atomic mass is 10.1. The molecule has 0 saturated heterocycles. The maximum atomic E-state index is 10.6. The summed E-state index contributed by atoms with van der Waals surface area (Å²) in [6, 6.07) is 22.2. The van der Waals surface area contributed by atoms with Gasteiger partial charge in [-0.05, 0) is 52.3 Å². The van der Waals surface area contributed by atoms with Crippen LogP contribution >= 0.6 is 0 Å². The fourth-order valence-corrected chi connectivity index (χ4v) is 2.60. The first-order chi connectivity index (χ1) is 11.7. The van der Waals surface area contributed by atoms with Crippen LogP contribution in [-0.2, 0) is 4.79 Å². The predicted octanol–water partition coefficient (Wildman–Crippen LogP) is 2.38. The molecule has 0 bridgehead atoms. The zero-order valence-electron chi connectivity index (χ0n) is 12.8. The van der Waals surface area contributed by atoms with Crippen molar-refractivity contribution in [2.75, 3.05) is 0 Å². The van der Waals surface area contributed by atoms with Gasteiger partial charge in [-0.3, -0.25) is 0 Å². The number of fused-ring (bicyclic) bond motifs is 3. The van der Waals surface area contributed by atoms with Gasteiger partial charge in [0.25, 0.3) is 0 Å². The Bertz CT molecular complexity index is 1030. The van der Waals surface area contributed by atoms with Crippen molar-refractivity contribution in [3.63, 3.8) is 0 Å². The SMILES string of the molecule is O=C(O)c1ccccc1.O=C=c1ccc2c(c1)-c1ccccc1C=2. The highest BCUT2D eigenvalue weighted by Crippen LogP contribution is 2.24. The molecule has 0 saturated carbocycles. The van der Waals surface area contributed by atoms with Gasteiger partial charge >= 0.3 is 5.97 Å². The molecule has 0 unspecified atom stereocenters. The first kappa shape index (κ1) is 15.5. The zero-order valence-corrected chi connectivity index (χ0v) is 12.8. The molecule has 0 atom stereocenters. The summed E-state index contributed by atoms with van der Waals surface area (Å²) in [5.74, 6) is 1.04. The molecule has 3 heteroatoms. The van der Waals surface area contributed by atoms with E-state index < -0.39 is 5.97 Å². The number of rotatable bonds is 1. The highest BCUT2D eigenvalue weighted by Gasteiger charge is 2.09. The van der Waals surface area contributed by atoms with E-state index in [1.165, 1.54) is 16.3 Å². The van der Waals surface area contributed by atoms with Gasteiger partial charge < -0.3 is 5.11 Å². The monoisotopic (exact) mass is 314 g/mol. The van der Waals surface area contributed by atoms with Crippen molar-refractivity contribution < 1.29 is 14.7 Å². The lowest BCUT2D eigenvalue weighted by Crippen LogP contribution is -2.09. The van der Waals surface area contributed by atoms with Crippen LogP contribution in [0.5, 0.6) is 0 Å². The van der Waals surface area contributed by atoms with Crippen molar-refractivity contribution in [2.45, 2.75) is 0 Å². The number of hydrogen-bond acceptors (Lipinski definition) is 2. The molecule has 0 aliphatic heterocycles. The maximum Gasteiger partial charge on any atom is 0.335 e. The Kier molecular flexibility index (Phi) is 4.37. The summed E-state index contributed by atoms with van der Waals surface area (Å²) in [7, 11) is 0. The summed E-state index contributed by atoms with van der Waals surface area (Å²) in [6.07, 6.45) is 2.14. The largest absolute Gasteiger partial charge is 0.478 e. The lowest BCUT2D eigenvalue weighted by Gasteiger charge is -1.98. The van der Waals surface area contributed by atoms with Gasteiger partial charge in [-0.1, -0.05) is 48.5 Å². The minimum Gasteiger partial charge on any atom is -0.478 e. The number of carboxylic acids is 1. The van der Waals surface area contributed by atoms with Gasteiger partial charge in [-0.15, -0.1) is 0 Å². The quantitative estimate of drug-likeness (QED) is 0.587. The van der Waals surface area contributed by atoms with Crippen LogP contribution in [0.4, 0.5) is 0 Å². The van der Waals surface area contributed by atoms with Gasteiger partial charge in [0.1, 0.15) is 5.94 Å². The van der Waals surface area contributed by atoms with Crippen LogP contribution in [0.1, 0.15) is 15.9 Å². The van der Waals surface area contributed by atoms with Crippen molar-refractivity contribution in [3.05, 3.63) is 94.4 Å². The molecule has 0 amide bonds. The smallest absolute Gasteiger partial charge is 0.335 e. The van der Waals surface area contributed by atoms with E-state index in [1.54, 1.807) is 36.4 Å².